The molecule has 6 nitrogen and oxygen atoms in total. The molecule has 0 saturated carbocycles. The van der Waals surface area contributed by atoms with Crippen LogP contribution in [0, 0.1) is 0 Å². The number of amides is 1. The van der Waals surface area contributed by atoms with Crippen LogP contribution in [0.2, 0.25) is 0 Å². The van der Waals surface area contributed by atoms with Gasteiger partial charge in [-0.2, -0.15) is 8.78 Å². The Morgan fingerprint density at radius 1 is 1.29 bits per heavy atom. The predicted octanol–water partition coefficient (Wildman–Crippen LogP) is 2.93. The largest absolute Gasteiger partial charge is 0.434 e. The molecule has 1 aliphatic rings. The van der Waals surface area contributed by atoms with E-state index in [-0.39, 0.29) is 24.2 Å². The van der Waals surface area contributed by atoms with Gasteiger partial charge in [0.15, 0.2) is 0 Å². The first kappa shape index (κ1) is 20.1. The molecule has 0 bridgehead atoms. The highest BCUT2D eigenvalue weighted by Crippen LogP contribution is 2.34. The van der Waals surface area contributed by atoms with E-state index in [2.05, 4.69) is 10.1 Å². The lowest BCUT2D eigenvalue weighted by atomic mass is 10.1. The SMILES string of the molecule is CC1Cc2cc(C(=O)NCc3ccccc3OC(F)F)ccc2N1S(C)(=O)=O. The quantitative estimate of drug-likeness (QED) is 0.795. The van der Waals surface area contributed by atoms with Crippen LogP contribution in [0.5, 0.6) is 5.75 Å². The summed E-state index contributed by atoms with van der Waals surface area (Å²) in [6.07, 6.45) is 1.66. The van der Waals surface area contributed by atoms with Crippen LogP contribution in [-0.2, 0) is 23.0 Å². The Labute approximate surface area is 162 Å². The molecule has 1 atom stereocenters. The van der Waals surface area contributed by atoms with E-state index < -0.39 is 16.6 Å². The summed E-state index contributed by atoms with van der Waals surface area (Å²) in [6.45, 7) is -1.13. The summed E-state index contributed by atoms with van der Waals surface area (Å²) < 4.78 is 54.7. The molecule has 2 aromatic carbocycles. The minimum Gasteiger partial charge on any atom is -0.434 e. The monoisotopic (exact) mass is 410 g/mol. The number of carbonyl (C=O) groups excluding carboxylic acids is 1. The van der Waals surface area contributed by atoms with Gasteiger partial charge in [-0.25, -0.2) is 8.42 Å². The lowest BCUT2D eigenvalue weighted by molar-refractivity contribution is -0.0504. The van der Waals surface area contributed by atoms with Gasteiger partial charge in [0, 0.05) is 23.7 Å². The van der Waals surface area contributed by atoms with Crippen molar-refractivity contribution in [1.29, 1.82) is 0 Å². The first-order valence-corrected chi connectivity index (χ1v) is 10.4. The maximum Gasteiger partial charge on any atom is 0.387 e. The number of hydrogen-bond donors (Lipinski definition) is 1. The zero-order valence-electron chi connectivity index (χ0n) is 15.4. The second-order valence-corrected chi connectivity index (χ2v) is 8.48. The van der Waals surface area contributed by atoms with Gasteiger partial charge < -0.3 is 10.1 Å². The minimum atomic E-state index is -3.40. The van der Waals surface area contributed by atoms with Gasteiger partial charge >= 0.3 is 6.61 Å². The van der Waals surface area contributed by atoms with Crippen molar-refractivity contribution in [2.75, 3.05) is 10.6 Å². The van der Waals surface area contributed by atoms with Crippen molar-refractivity contribution in [1.82, 2.24) is 5.32 Å². The van der Waals surface area contributed by atoms with Crippen molar-refractivity contribution in [2.45, 2.75) is 32.5 Å². The minimum absolute atomic E-state index is 0.00405. The molecule has 1 amide bonds. The number of alkyl halides is 2. The number of rotatable bonds is 6. The van der Waals surface area contributed by atoms with E-state index in [1.54, 1.807) is 43.3 Å². The van der Waals surface area contributed by atoms with E-state index >= 15 is 0 Å². The molecule has 1 unspecified atom stereocenters. The third-order valence-electron chi connectivity index (χ3n) is 4.48. The van der Waals surface area contributed by atoms with Crippen LogP contribution >= 0.6 is 0 Å². The second-order valence-electron chi connectivity index (χ2n) is 6.62. The van der Waals surface area contributed by atoms with Crippen LogP contribution in [0.1, 0.15) is 28.4 Å². The van der Waals surface area contributed by atoms with Crippen LogP contribution in [0.4, 0.5) is 14.5 Å². The Hall–Kier alpha value is -2.68. The number of carbonyl (C=O) groups is 1. The number of nitrogens with zero attached hydrogens (tertiary/aromatic N) is 1. The molecular weight excluding hydrogens is 390 g/mol. The average Bonchev–Trinajstić information content (AvgIpc) is 2.95. The molecule has 28 heavy (non-hydrogen) atoms. The molecule has 2 aromatic rings. The normalized spacial score (nSPS) is 16.2. The highest BCUT2D eigenvalue weighted by Gasteiger charge is 2.32. The van der Waals surface area contributed by atoms with E-state index in [4.69, 9.17) is 0 Å². The Balaban J connectivity index is 1.75. The Morgan fingerprint density at radius 3 is 2.68 bits per heavy atom. The molecule has 0 spiro atoms. The second kappa shape index (κ2) is 7.75. The summed E-state index contributed by atoms with van der Waals surface area (Å²) in [6, 6.07) is 10.8. The fraction of sp³-hybridized carbons (Fsp3) is 0.316. The highest BCUT2D eigenvalue weighted by atomic mass is 32.2. The molecule has 9 heteroatoms. The van der Waals surface area contributed by atoms with Gasteiger partial charge in [-0.15, -0.1) is 0 Å². The van der Waals surface area contributed by atoms with Crippen molar-refractivity contribution in [2.24, 2.45) is 0 Å². The van der Waals surface area contributed by atoms with Crippen molar-refractivity contribution < 1.29 is 26.7 Å². The van der Waals surface area contributed by atoms with E-state index in [1.807, 2.05) is 0 Å². The Morgan fingerprint density at radius 2 is 2.00 bits per heavy atom. The number of hydrogen-bond acceptors (Lipinski definition) is 4. The van der Waals surface area contributed by atoms with Gasteiger partial charge in [0.2, 0.25) is 10.0 Å². The molecular formula is C19H20F2N2O4S. The molecule has 0 radical (unpaired) electrons. The fourth-order valence-corrected chi connectivity index (χ4v) is 4.65. The number of ether oxygens (including phenoxy) is 1. The zero-order valence-corrected chi connectivity index (χ0v) is 16.2. The van der Waals surface area contributed by atoms with Gasteiger partial charge in [0.1, 0.15) is 5.75 Å². The van der Waals surface area contributed by atoms with E-state index in [0.717, 1.165) is 11.8 Å². The molecule has 0 aliphatic carbocycles. The maximum atomic E-state index is 12.5. The number of anilines is 1. The van der Waals surface area contributed by atoms with Crippen LogP contribution in [0.25, 0.3) is 0 Å². The molecule has 0 aromatic heterocycles. The highest BCUT2D eigenvalue weighted by molar-refractivity contribution is 7.92. The summed E-state index contributed by atoms with van der Waals surface area (Å²) >= 11 is 0. The zero-order chi connectivity index (χ0) is 20.5. The lowest BCUT2D eigenvalue weighted by Gasteiger charge is -2.21. The molecule has 1 N–H and O–H groups in total. The number of para-hydroxylation sites is 1. The molecule has 0 fully saturated rings. The molecule has 0 saturated heterocycles. The topological polar surface area (TPSA) is 75.7 Å². The van der Waals surface area contributed by atoms with E-state index in [0.29, 0.717) is 23.2 Å². The van der Waals surface area contributed by atoms with Gasteiger partial charge in [-0.05, 0) is 43.2 Å². The summed E-state index contributed by atoms with van der Waals surface area (Å²) in [5, 5.41) is 2.68. The summed E-state index contributed by atoms with van der Waals surface area (Å²) in [4.78, 5) is 12.5. The summed E-state index contributed by atoms with van der Waals surface area (Å²) in [5.41, 5.74) is 2.14. The average molecular weight is 410 g/mol. The Bertz CT molecular complexity index is 995. The molecule has 1 aliphatic heterocycles. The van der Waals surface area contributed by atoms with Crippen LogP contribution in [0.15, 0.2) is 42.5 Å². The third-order valence-corrected chi connectivity index (χ3v) is 5.75. The molecule has 150 valence electrons. The number of sulfonamides is 1. The molecule has 3 rings (SSSR count). The van der Waals surface area contributed by atoms with Crippen molar-refractivity contribution >= 4 is 21.6 Å². The van der Waals surface area contributed by atoms with Crippen molar-refractivity contribution in [3.63, 3.8) is 0 Å². The van der Waals surface area contributed by atoms with Gasteiger partial charge in [0.05, 0.1) is 11.9 Å². The van der Waals surface area contributed by atoms with Crippen LogP contribution in [0.3, 0.4) is 0 Å². The smallest absolute Gasteiger partial charge is 0.387 e. The predicted molar refractivity (Wildman–Crippen MR) is 101 cm³/mol. The van der Waals surface area contributed by atoms with Gasteiger partial charge in [0.25, 0.3) is 5.91 Å². The standard InChI is InChI=1S/C19H20F2N2O4S/c1-12-9-15-10-13(7-8-16(15)23(12)28(2,25)26)18(24)22-11-14-5-3-4-6-17(14)27-19(20)21/h3-8,10,12,19H,9,11H2,1-2H3,(H,22,24). The Kier molecular flexibility index (Phi) is 5.55. The van der Waals surface area contributed by atoms with Crippen molar-refractivity contribution in [3.05, 3.63) is 59.2 Å². The van der Waals surface area contributed by atoms with Crippen molar-refractivity contribution in [3.8, 4) is 5.75 Å². The van der Waals surface area contributed by atoms with Crippen LogP contribution < -0.4 is 14.4 Å². The fourth-order valence-electron chi connectivity index (χ4n) is 3.39. The van der Waals surface area contributed by atoms with E-state index in [9.17, 15) is 22.0 Å². The summed E-state index contributed by atoms with van der Waals surface area (Å²) in [5.74, 6) is -0.385. The number of halogens is 2. The number of nitrogens with one attached hydrogen (secondary N) is 1. The van der Waals surface area contributed by atoms with Crippen LogP contribution in [-0.4, -0.2) is 33.2 Å². The summed E-state index contributed by atoms with van der Waals surface area (Å²) in [7, 11) is -3.40. The number of benzene rings is 2. The first-order chi connectivity index (χ1) is 13.2. The van der Waals surface area contributed by atoms with Gasteiger partial charge in [-0.1, -0.05) is 18.2 Å². The number of fused-ring (bicyclic) bond motifs is 1. The maximum absolute atomic E-state index is 12.5. The third kappa shape index (κ3) is 4.24. The van der Waals surface area contributed by atoms with Gasteiger partial charge in [-0.3, -0.25) is 9.10 Å². The lowest BCUT2D eigenvalue weighted by Crippen LogP contribution is -2.34. The molecule has 1 heterocycles. The van der Waals surface area contributed by atoms with E-state index in [1.165, 1.54) is 10.4 Å². The first-order valence-electron chi connectivity index (χ1n) is 8.60.